The van der Waals surface area contributed by atoms with Gasteiger partial charge in [0, 0.05) is 25.1 Å². The third-order valence-electron chi connectivity index (χ3n) is 5.64. The van der Waals surface area contributed by atoms with Crippen LogP contribution in [0.15, 0.2) is 55.0 Å². The van der Waals surface area contributed by atoms with E-state index in [0.717, 1.165) is 31.8 Å². The van der Waals surface area contributed by atoms with Crippen LogP contribution in [0, 0.1) is 6.92 Å². The molecule has 2 aromatic heterocycles. The van der Waals surface area contributed by atoms with E-state index in [4.69, 9.17) is 9.72 Å². The van der Waals surface area contributed by atoms with Crippen LogP contribution in [0.25, 0.3) is 0 Å². The van der Waals surface area contributed by atoms with Crippen LogP contribution in [-0.4, -0.2) is 39.4 Å². The molecule has 7 heteroatoms. The molecule has 1 atom stereocenters. The fourth-order valence-corrected chi connectivity index (χ4v) is 4.00. The number of methoxy groups -OCH3 is 1. The fraction of sp³-hybridized carbons (Fsp3) is 0.333. The SMILES string of the molecule is COc1ccccc1NC(=O)c1cnc(C2CCCCN2Cc2ccncc2)nc1C. The number of aromatic nitrogens is 3. The van der Waals surface area contributed by atoms with Gasteiger partial charge in [-0.05, 0) is 56.1 Å². The van der Waals surface area contributed by atoms with Crippen molar-refractivity contribution in [2.24, 2.45) is 0 Å². The molecule has 1 unspecified atom stereocenters. The normalized spacial score (nSPS) is 16.6. The van der Waals surface area contributed by atoms with Crippen molar-refractivity contribution in [1.82, 2.24) is 19.9 Å². The number of likely N-dealkylation sites (tertiary alicyclic amines) is 1. The Morgan fingerprint density at radius 2 is 2.00 bits per heavy atom. The van der Waals surface area contributed by atoms with Gasteiger partial charge >= 0.3 is 0 Å². The zero-order chi connectivity index (χ0) is 21.6. The number of ether oxygens (including phenoxy) is 1. The maximum Gasteiger partial charge on any atom is 0.259 e. The molecule has 160 valence electrons. The van der Waals surface area contributed by atoms with E-state index in [1.165, 1.54) is 12.0 Å². The van der Waals surface area contributed by atoms with Gasteiger partial charge in [-0.1, -0.05) is 18.6 Å². The lowest BCUT2D eigenvalue weighted by Crippen LogP contribution is -2.34. The van der Waals surface area contributed by atoms with Crippen LogP contribution in [0.2, 0.25) is 0 Å². The topological polar surface area (TPSA) is 80.2 Å². The molecule has 1 saturated heterocycles. The summed E-state index contributed by atoms with van der Waals surface area (Å²) in [5.41, 5.74) is 2.98. The van der Waals surface area contributed by atoms with Gasteiger partial charge in [0.25, 0.3) is 5.91 Å². The Kier molecular flexibility index (Phi) is 6.52. The third-order valence-corrected chi connectivity index (χ3v) is 5.64. The number of aryl methyl sites for hydroxylation is 1. The van der Waals surface area contributed by atoms with E-state index in [9.17, 15) is 4.79 Å². The molecule has 1 N–H and O–H groups in total. The molecule has 3 heterocycles. The molecule has 0 aliphatic carbocycles. The van der Waals surface area contributed by atoms with E-state index in [2.05, 4.69) is 20.2 Å². The van der Waals surface area contributed by atoms with E-state index >= 15 is 0 Å². The Balaban J connectivity index is 1.52. The number of carbonyl (C=O) groups is 1. The summed E-state index contributed by atoms with van der Waals surface area (Å²) >= 11 is 0. The van der Waals surface area contributed by atoms with Crippen LogP contribution in [0.1, 0.15) is 52.7 Å². The Labute approximate surface area is 182 Å². The van der Waals surface area contributed by atoms with Crippen LogP contribution in [0.5, 0.6) is 5.75 Å². The highest BCUT2D eigenvalue weighted by Gasteiger charge is 2.27. The van der Waals surface area contributed by atoms with Gasteiger partial charge in [0.1, 0.15) is 11.6 Å². The lowest BCUT2D eigenvalue weighted by atomic mass is 10.00. The van der Waals surface area contributed by atoms with Crippen LogP contribution in [0.4, 0.5) is 5.69 Å². The number of anilines is 1. The minimum atomic E-state index is -0.245. The molecular weight excluding hydrogens is 390 g/mol. The smallest absolute Gasteiger partial charge is 0.259 e. The number of amides is 1. The first-order valence-corrected chi connectivity index (χ1v) is 10.6. The van der Waals surface area contributed by atoms with E-state index in [1.807, 2.05) is 49.6 Å². The molecule has 1 amide bonds. The van der Waals surface area contributed by atoms with Crippen molar-refractivity contribution in [3.05, 3.63) is 77.6 Å². The summed E-state index contributed by atoms with van der Waals surface area (Å²) in [6, 6.07) is 11.6. The number of nitrogens with one attached hydrogen (secondary N) is 1. The monoisotopic (exact) mass is 417 g/mol. The lowest BCUT2D eigenvalue weighted by molar-refractivity contribution is 0.102. The number of hydrogen-bond acceptors (Lipinski definition) is 6. The van der Waals surface area contributed by atoms with Gasteiger partial charge in [0.05, 0.1) is 30.1 Å². The Bertz CT molecular complexity index is 1040. The molecule has 0 spiro atoms. The fourth-order valence-electron chi connectivity index (χ4n) is 4.00. The zero-order valence-corrected chi connectivity index (χ0v) is 17.9. The minimum absolute atomic E-state index is 0.145. The summed E-state index contributed by atoms with van der Waals surface area (Å²) in [6.45, 7) is 3.70. The highest BCUT2D eigenvalue weighted by atomic mass is 16.5. The number of carbonyl (C=O) groups excluding carboxylic acids is 1. The first-order valence-electron chi connectivity index (χ1n) is 10.6. The number of rotatable bonds is 6. The van der Waals surface area contributed by atoms with Crippen molar-refractivity contribution < 1.29 is 9.53 Å². The molecule has 3 aromatic rings. The van der Waals surface area contributed by atoms with E-state index in [1.54, 1.807) is 19.4 Å². The van der Waals surface area contributed by atoms with E-state index in [0.29, 0.717) is 22.7 Å². The maximum absolute atomic E-state index is 12.8. The average Bonchev–Trinajstić information content (AvgIpc) is 2.80. The second-order valence-electron chi connectivity index (χ2n) is 7.72. The predicted molar refractivity (Wildman–Crippen MR) is 119 cm³/mol. The first-order chi connectivity index (χ1) is 15.2. The summed E-state index contributed by atoms with van der Waals surface area (Å²) in [4.78, 5) is 28.7. The number of hydrogen-bond donors (Lipinski definition) is 1. The number of pyridine rings is 1. The molecule has 1 aromatic carbocycles. The van der Waals surface area contributed by atoms with E-state index in [-0.39, 0.29) is 11.9 Å². The second kappa shape index (κ2) is 9.66. The number of para-hydroxylation sites is 2. The third kappa shape index (κ3) is 4.88. The van der Waals surface area contributed by atoms with Crippen molar-refractivity contribution in [2.75, 3.05) is 19.0 Å². The number of benzene rings is 1. The van der Waals surface area contributed by atoms with Crippen LogP contribution in [0.3, 0.4) is 0 Å². The summed E-state index contributed by atoms with van der Waals surface area (Å²) in [7, 11) is 1.58. The van der Waals surface area contributed by atoms with Crippen molar-refractivity contribution in [1.29, 1.82) is 0 Å². The summed E-state index contributed by atoms with van der Waals surface area (Å²) in [5, 5.41) is 2.90. The van der Waals surface area contributed by atoms with Crippen molar-refractivity contribution in [3.8, 4) is 5.75 Å². The molecular formula is C24H27N5O2. The Hall–Kier alpha value is -3.32. The molecule has 7 nitrogen and oxygen atoms in total. The number of piperidine rings is 1. The van der Waals surface area contributed by atoms with Gasteiger partial charge in [-0.2, -0.15) is 0 Å². The van der Waals surface area contributed by atoms with Crippen LogP contribution >= 0.6 is 0 Å². The highest BCUT2D eigenvalue weighted by Crippen LogP contribution is 2.31. The van der Waals surface area contributed by atoms with Crippen molar-refractivity contribution in [3.63, 3.8) is 0 Å². The molecule has 1 aliphatic rings. The predicted octanol–water partition coefficient (Wildman–Crippen LogP) is 4.17. The van der Waals surface area contributed by atoms with Crippen molar-refractivity contribution >= 4 is 11.6 Å². The van der Waals surface area contributed by atoms with Gasteiger partial charge in [0.2, 0.25) is 0 Å². The molecule has 4 rings (SSSR count). The van der Waals surface area contributed by atoms with Crippen LogP contribution < -0.4 is 10.1 Å². The zero-order valence-electron chi connectivity index (χ0n) is 17.9. The summed E-state index contributed by atoms with van der Waals surface area (Å²) in [5.74, 6) is 1.14. The number of nitrogens with zero attached hydrogens (tertiary/aromatic N) is 4. The molecule has 0 radical (unpaired) electrons. The molecule has 0 saturated carbocycles. The summed E-state index contributed by atoms with van der Waals surface area (Å²) < 4.78 is 5.32. The highest BCUT2D eigenvalue weighted by molar-refractivity contribution is 6.05. The van der Waals surface area contributed by atoms with Gasteiger partial charge in [0.15, 0.2) is 0 Å². The van der Waals surface area contributed by atoms with Crippen molar-refractivity contribution in [2.45, 2.75) is 38.8 Å². The van der Waals surface area contributed by atoms with Gasteiger partial charge in [-0.15, -0.1) is 0 Å². The average molecular weight is 418 g/mol. The molecule has 1 fully saturated rings. The molecule has 0 bridgehead atoms. The molecule has 31 heavy (non-hydrogen) atoms. The minimum Gasteiger partial charge on any atom is -0.495 e. The Morgan fingerprint density at radius 1 is 1.19 bits per heavy atom. The quantitative estimate of drug-likeness (QED) is 0.648. The standard InChI is InChI=1S/C24H27N5O2/c1-17-19(24(30)28-20-7-3-4-9-22(20)31-2)15-26-23(27-17)21-8-5-6-14-29(21)16-18-10-12-25-13-11-18/h3-4,7,9-13,15,21H,5-6,8,14,16H2,1-2H3,(H,28,30). The second-order valence-corrected chi connectivity index (χ2v) is 7.72. The van der Waals surface area contributed by atoms with Crippen LogP contribution in [-0.2, 0) is 6.54 Å². The Morgan fingerprint density at radius 3 is 2.77 bits per heavy atom. The molecule has 1 aliphatic heterocycles. The summed E-state index contributed by atoms with van der Waals surface area (Å²) in [6.07, 6.45) is 8.61. The lowest BCUT2D eigenvalue weighted by Gasteiger charge is -2.34. The van der Waals surface area contributed by atoms with Gasteiger partial charge in [-0.3, -0.25) is 14.7 Å². The largest absolute Gasteiger partial charge is 0.495 e. The van der Waals surface area contributed by atoms with Gasteiger partial charge < -0.3 is 10.1 Å². The van der Waals surface area contributed by atoms with E-state index < -0.39 is 0 Å². The first kappa shape index (κ1) is 20.9. The maximum atomic E-state index is 12.8. The van der Waals surface area contributed by atoms with Gasteiger partial charge in [-0.25, -0.2) is 9.97 Å².